The van der Waals surface area contributed by atoms with Crippen LogP contribution < -0.4 is 15.8 Å². The van der Waals surface area contributed by atoms with Crippen LogP contribution in [-0.4, -0.2) is 44.0 Å². The molecule has 1 fully saturated rings. The minimum atomic E-state index is -4.57. The molecule has 0 radical (unpaired) electrons. The number of para-hydroxylation sites is 1. The van der Waals surface area contributed by atoms with Gasteiger partial charge in [-0.1, -0.05) is 18.2 Å². The molecule has 2 heterocycles. The van der Waals surface area contributed by atoms with Crippen molar-refractivity contribution in [1.82, 2.24) is 9.55 Å². The van der Waals surface area contributed by atoms with Gasteiger partial charge in [0.15, 0.2) is 11.9 Å². The highest BCUT2D eigenvalue weighted by Crippen LogP contribution is 2.46. The van der Waals surface area contributed by atoms with Gasteiger partial charge in [-0.3, -0.25) is 23.8 Å². The molecule has 2 aromatic rings. The Bertz CT molecular complexity index is 992. The lowest BCUT2D eigenvalue weighted by molar-refractivity contribution is -0.0603. The lowest BCUT2D eigenvalue weighted by Gasteiger charge is -2.24. The highest BCUT2D eigenvalue weighted by molar-refractivity contribution is 7.47. The van der Waals surface area contributed by atoms with E-state index in [0.29, 0.717) is 0 Å². The van der Waals surface area contributed by atoms with Crippen LogP contribution in [0.5, 0.6) is 5.75 Å². The number of benzene rings is 1. The number of H-pyrrole nitrogens is 1. The molecule has 3 rings (SSSR count). The summed E-state index contributed by atoms with van der Waals surface area (Å²) in [5.74, 6) is 0.0780. The average molecular weight is 416 g/mol. The van der Waals surface area contributed by atoms with Crippen molar-refractivity contribution in [3.63, 3.8) is 0 Å². The summed E-state index contributed by atoms with van der Waals surface area (Å²) in [6.45, 7) is 0.314. The molecule has 0 saturated carbocycles. The van der Waals surface area contributed by atoms with Gasteiger partial charge in [-0.05, 0) is 19.1 Å². The number of nitrogens with zero attached hydrogens (tertiary/aromatic N) is 1. The van der Waals surface area contributed by atoms with E-state index < -0.39 is 49.8 Å². The number of aliphatic hydroxyl groups excluding tert-OH is 1. The van der Waals surface area contributed by atoms with Crippen LogP contribution in [0.25, 0.3) is 0 Å². The van der Waals surface area contributed by atoms with Crippen LogP contribution in [0.1, 0.15) is 13.2 Å². The predicted molar refractivity (Wildman–Crippen MR) is 93.6 cm³/mol. The van der Waals surface area contributed by atoms with Gasteiger partial charge in [0.25, 0.3) is 5.56 Å². The molecule has 152 valence electrons. The number of rotatable bonds is 6. The number of hydrogen-bond donors (Lipinski definition) is 3. The largest absolute Gasteiger partial charge is 0.527 e. The second-order valence-electron chi connectivity index (χ2n) is 6.31. The number of aromatic amines is 1. The topological polar surface area (TPSA) is 140 Å². The first-order chi connectivity index (χ1) is 13.1. The Morgan fingerprint density at radius 1 is 1.32 bits per heavy atom. The fraction of sp³-hybridized carbons (Fsp3) is 0.375. The molecule has 0 spiro atoms. The summed E-state index contributed by atoms with van der Waals surface area (Å²) in [6, 6.07) is 8.71. The fourth-order valence-corrected chi connectivity index (χ4v) is 3.55. The minimum absolute atomic E-state index is 0.0780. The van der Waals surface area contributed by atoms with Crippen LogP contribution in [0.2, 0.25) is 0 Å². The summed E-state index contributed by atoms with van der Waals surface area (Å²) in [6.07, 6.45) is -3.73. The number of alkyl halides is 1. The molecule has 1 aliphatic heterocycles. The quantitative estimate of drug-likeness (QED) is 0.585. The van der Waals surface area contributed by atoms with E-state index in [9.17, 15) is 24.2 Å². The highest BCUT2D eigenvalue weighted by Gasteiger charge is 2.55. The highest BCUT2D eigenvalue weighted by atomic mass is 31.2. The SMILES string of the molecule is C[C@@]1(F)[C@H](O)[C@H](COP(=O)(O)Oc2ccccc2)O[C@H]1n1ccc(=O)[nH]c1=O. The van der Waals surface area contributed by atoms with Gasteiger partial charge < -0.3 is 14.4 Å². The van der Waals surface area contributed by atoms with Crippen molar-refractivity contribution >= 4 is 7.82 Å². The van der Waals surface area contributed by atoms with Crippen LogP contribution in [-0.2, 0) is 13.8 Å². The Kier molecular flexibility index (Phi) is 5.55. The van der Waals surface area contributed by atoms with Crippen molar-refractivity contribution in [2.75, 3.05) is 6.61 Å². The molecule has 1 unspecified atom stereocenters. The van der Waals surface area contributed by atoms with E-state index in [1.165, 1.54) is 12.1 Å². The molecule has 1 aliphatic rings. The van der Waals surface area contributed by atoms with Gasteiger partial charge in [-0.25, -0.2) is 13.8 Å². The molecule has 1 aromatic carbocycles. The van der Waals surface area contributed by atoms with E-state index in [1.807, 2.05) is 4.98 Å². The van der Waals surface area contributed by atoms with Gasteiger partial charge in [-0.15, -0.1) is 0 Å². The number of aromatic nitrogens is 2. The summed E-state index contributed by atoms with van der Waals surface area (Å²) in [5, 5.41) is 10.2. The molecular weight excluding hydrogens is 398 g/mol. The average Bonchev–Trinajstić information content (AvgIpc) is 2.84. The third-order valence-corrected chi connectivity index (χ3v) is 5.10. The molecule has 0 bridgehead atoms. The molecule has 10 nitrogen and oxygen atoms in total. The third-order valence-electron chi connectivity index (χ3n) is 4.19. The van der Waals surface area contributed by atoms with Crippen molar-refractivity contribution in [3.05, 3.63) is 63.4 Å². The first kappa shape index (κ1) is 20.4. The lowest BCUT2D eigenvalue weighted by atomic mass is 9.98. The van der Waals surface area contributed by atoms with E-state index in [1.54, 1.807) is 18.2 Å². The van der Waals surface area contributed by atoms with Crippen molar-refractivity contribution < 1.29 is 32.7 Å². The molecule has 28 heavy (non-hydrogen) atoms. The molecule has 0 aliphatic carbocycles. The van der Waals surface area contributed by atoms with E-state index >= 15 is 4.39 Å². The number of halogens is 1. The van der Waals surface area contributed by atoms with Gasteiger partial charge in [0.2, 0.25) is 0 Å². The molecule has 12 heteroatoms. The molecule has 0 amide bonds. The van der Waals surface area contributed by atoms with Gasteiger partial charge in [0.05, 0.1) is 6.61 Å². The number of ether oxygens (including phenoxy) is 1. The minimum Gasteiger partial charge on any atom is -0.404 e. The summed E-state index contributed by atoms with van der Waals surface area (Å²) in [7, 11) is -4.57. The molecule has 5 atom stereocenters. The zero-order valence-corrected chi connectivity index (χ0v) is 15.5. The summed E-state index contributed by atoms with van der Waals surface area (Å²) in [5.41, 5.74) is -4.06. The first-order valence-corrected chi connectivity index (χ1v) is 9.65. The Morgan fingerprint density at radius 3 is 2.64 bits per heavy atom. The van der Waals surface area contributed by atoms with Gasteiger partial charge >= 0.3 is 13.5 Å². The van der Waals surface area contributed by atoms with Crippen LogP contribution >= 0.6 is 7.82 Å². The van der Waals surface area contributed by atoms with Gasteiger partial charge in [-0.2, -0.15) is 0 Å². The van der Waals surface area contributed by atoms with Crippen LogP contribution in [0, 0.1) is 0 Å². The maximum atomic E-state index is 15.0. The zero-order chi connectivity index (χ0) is 20.5. The smallest absolute Gasteiger partial charge is 0.404 e. The van der Waals surface area contributed by atoms with E-state index in [0.717, 1.165) is 23.8 Å². The number of aliphatic hydroxyl groups is 1. The number of hydrogen-bond acceptors (Lipinski definition) is 7. The van der Waals surface area contributed by atoms with Crippen molar-refractivity contribution in [2.24, 2.45) is 0 Å². The molecule has 3 N–H and O–H groups in total. The Labute approximate surface area is 157 Å². The standard InChI is InChI=1S/C16H18FN2O8P/c1-16(17)13(21)11(26-14(16)19-8-7-12(20)18-15(19)22)9-25-28(23,24)27-10-5-3-2-4-6-10/h2-8,11,13-14,21H,9H2,1H3,(H,23,24)(H,18,20,22)/t11-,13+,14+,16+/m0/s1. The second-order valence-corrected chi connectivity index (χ2v) is 7.69. The Hall–Kier alpha value is -2.30. The van der Waals surface area contributed by atoms with Crippen LogP contribution in [0.4, 0.5) is 4.39 Å². The molecule has 1 saturated heterocycles. The predicted octanol–water partition coefficient (Wildman–Crippen LogP) is 0.719. The van der Waals surface area contributed by atoms with Crippen LogP contribution in [0.3, 0.4) is 0 Å². The maximum absolute atomic E-state index is 15.0. The maximum Gasteiger partial charge on any atom is 0.527 e. The summed E-state index contributed by atoms with van der Waals surface area (Å²) >= 11 is 0. The Balaban J connectivity index is 1.72. The monoisotopic (exact) mass is 416 g/mol. The molecular formula is C16H18FN2O8P. The Morgan fingerprint density at radius 2 is 2.00 bits per heavy atom. The fourth-order valence-electron chi connectivity index (χ4n) is 2.77. The van der Waals surface area contributed by atoms with Crippen molar-refractivity contribution in [1.29, 1.82) is 0 Å². The third kappa shape index (κ3) is 4.23. The van der Waals surface area contributed by atoms with Crippen LogP contribution in [0.15, 0.2) is 52.2 Å². The number of phosphoric acid groups is 1. The summed E-state index contributed by atoms with van der Waals surface area (Å²) in [4.78, 5) is 34.8. The normalized spacial score (nSPS) is 29.4. The van der Waals surface area contributed by atoms with E-state index in [-0.39, 0.29) is 5.75 Å². The van der Waals surface area contributed by atoms with Gasteiger partial charge in [0, 0.05) is 12.3 Å². The van der Waals surface area contributed by atoms with E-state index in [2.05, 4.69) is 0 Å². The zero-order valence-electron chi connectivity index (χ0n) is 14.6. The van der Waals surface area contributed by atoms with Crippen molar-refractivity contribution in [3.8, 4) is 5.75 Å². The van der Waals surface area contributed by atoms with E-state index in [4.69, 9.17) is 13.8 Å². The molecule has 1 aromatic heterocycles. The second kappa shape index (κ2) is 7.61. The first-order valence-electron chi connectivity index (χ1n) is 8.16. The number of phosphoric ester groups is 1. The summed E-state index contributed by atoms with van der Waals surface area (Å²) < 4.78 is 42.8. The van der Waals surface area contributed by atoms with Crippen molar-refractivity contribution in [2.45, 2.75) is 31.0 Å². The lowest BCUT2D eigenvalue weighted by Crippen LogP contribution is -2.43. The number of nitrogens with one attached hydrogen (secondary N) is 1. The van der Waals surface area contributed by atoms with Gasteiger partial charge in [0.1, 0.15) is 18.0 Å².